The first-order valence-corrected chi connectivity index (χ1v) is 6.46. The first-order chi connectivity index (χ1) is 8.61. The Kier molecular flexibility index (Phi) is 4.10. The third-order valence-corrected chi connectivity index (χ3v) is 3.16. The van der Waals surface area contributed by atoms with Crippen molar-refractivity contribution in [2.45, 2.75) is 19.7 Å². The van der Waals surface area contributed by atoms with E-state index in [1.54, 1.807) is 12.4 Å². The van der Waals surface area contributed by atoms with Crippen LogP contribution in [-0.2, 0) is 5.88 Å². The minimum atomic E-state index is 0.392. The quantitative estimate of drug-likeness (QED) is 0.748. The van der Waals surface area contributed by atoms with Crippen LogP contribution in [-0.4, -0.2) is 4.98 Å². The molecular formula is C14H13Cl2NO. The molecule has 94 valence electrons. The van der Waals surface area contributed by atoms with Crippen molar-refractivity contribution in [2.24, 2.45) is 0 Å². The number of hydrogen-bond acceptors (Lipinski definition) is 2. The zero-order valence-electron chi connectivity index (χ0n) is 10.2. The molecule has 0 amide bonds. The molecule has 0 unspecified atom stereocenters. The molecule has 0 saturated carbocycles. The van der Waals surface area contributed by atoms with Gasteiger partial charge in [0.15, 0.2) is 0 Å². The minimum absolute atomic E-state index is 0.392. The van der Waals surface area contributed by atoms with Crippen LogP contribution < -0.4 is 4.74 Å². The summed E-state index contributed by atoms with van der Waals surface area (Å²) in [7, 11) is 0. The topological polar surface area (TPSA) is 22.1 Å². The van der Waals surface area contributed by atoms with Crippen LogP contribution >= 0.6 is 23.2 Å². The van der Waals surface area contributed by atoms with E-state index in [-0.39, 0.29) is 0 Å². The zero-order valence-corrected chi connectivity index (χ0v) is 11.7. The molecule has 0 aliphatic heterocycles. The zero-order chi connectivity index (χ0) is 13.1. The average molecular weight is 282 g/mol. The van der Waals surface area contributed by atoms with Gasteiger partial charge in [0, 0.05) is 16.8 Å². The van der Waals surface area contributed by atoms with E-state index in [9.17, 15) is 0 Å². The Bertz CT molecular complexity index is 546. The maximum Gasteiger partial charge on any atom is 0.150 e. The lowest BCUT2D eigenvalue weighted by Gasteiger charge is -2.13. The number of pyridine rings is 1. The van der Waals surface area contributed by atoms with Crippen molar-refractivity contribution >= 4 is 23.2 Å². The first kappa shape index (κ1) is 13.2. The Morgan fingerprint density at radius 3 is 2.50 bits per heavy atom. The van der Waals surface area contributed by atoms with Crippen LogP contribution in [0.2, 0.25) is 5.02 Å². The van der Waals surface area contributed by atoms with Crippen LogP contribution in [0.4, 0.5) is 0 Å². The maximum absolute atomic E-state index is 5.99. The molecule has 0 aliphatic rings. The van der Waals surface area contributed by atoms with Gasteiger partial charge in [-0.05, 0) is 43.2 Å². The van der Waals surface area contributed by atoms with Crippen molar-refractivity contribution in [1.29, 1.82) is 0 Å². The normalized spacial score (nSPS) is 10.4. The van der Waals surface area contributed by atoms with Crippen LogP contribution in [0.25, 0.3) is 0 Å². The molecule has 0 aliphatic carbocycles. The predicted molar refractivity (Wildman–Crippen MR) is 74.8 cm³/mol. The number of aromatic nitrogens is 1. The minimum Gasteiger partial charge on any atom is -0.455 e. The summed E-state index contributed by atoms with van der Waals surface area (Å²) in [6, 6.07) is 5.60. The highest BCUT2D eigenvalue weighted by molar-refractivity contribution is 6.30. The number of nitrogens with zero attached hydrogens (tertiary/aromatic N) is 1. The van der Waals surface area contributed by atoms with E-state index in [1.807, 2.05) is 32.0 Å². The highest BCUT2D eigenvalue weighted by atomic mass is 35.5. The van der Waals surface area contributed by atoms with Crippen LogP contribution in [0.1, 0.15) is 16.7 Å². The van der Waals surface area contributed by atoms with Gasteiger partial charge < -0.3 is 4.74 Å². The molecule has 0 radical (unpaired) electrons. The molecular weight excluding hydrogens is 269 g/mol. The fourth-order valence-corrected chi connectivity index (χ4v) is 2.33. The number of aryl methyl sites for hydroxylation is 2. The van der Waals surface area contributed by atoms with Crippen molar-refractivity contribution in [1.82, 2.24) is 4.98 Å². The van der Waals surface area contributed by atoms with E-state index in [2.05, 4.69) is 4.98 Å². The Morgan fingerprint density at radius 1 is 1.22 bits per heavy atom. The summed E-state index contributed by atoms with van der Waals surface area (Å²) in [4.78, 5) is 4.06. The second-order valence-electron chi connectivity index (χ2n) is 4.09. The largest absolute Gasteiger partial charge is 0.455 e. The van der Waals surface area contributed by atoms with Gasteiger partial charge in [0.1, 0.15) is 11.5 Å². The summed E-state index contributed by atoms with van der Waals surface area (Å²) in [6.07, 6.45) is 3.37. The molecule has 2 nitrogen and oxygen atoms in total. The number of ether oxygens (including phenoxy) is 1. The fraction of sp³-hybridized carbons (Fsp3) is 0.214. The summed E-state index contributed by atoms with van der Waals surface area (Å²) in [5.41, 5.74) is 2.90. The van der Waals surface area contributed by atoms with Gasteiger partial charge in [0.25, 0.3) is 0 Å². The van der Waals surface area contributed by atoms with Gasteiger partial charge in [-0.2, -0.15) is 0 Å². The molecule has 0 saturated heterocycles. The third-order valence-electron chi connectivity index (χ3n) is 2.65. The van der Waals surface area contributed by atoms with Gasteiger partial charge in [0.05, 0.1) is 12.1 Å². The smallest absolute Gasteiger partial charge is 0.150 e. The Morgan fingerprint density at radius 2 is 1.89 bits per heavy atom. The van der Waals surface area contributed by atoms with E-state index in [0.717, 1.165) is 22.4 Å². The number of halogens is 2. The molecule has 0 atom stereocenters. The van der Waals surface area contributed by atoms with Crippen molar-refractivity contribution < 1.29 is 4.74 Å². The van der Waals surface area contributed by atoms with Gasteiger partial charge in [-0.3, -0.25) is 4.98 Å². The van der Waals surface area contributed by atoms with Gasteiger partial charge in [0.2, 0.25) is 0 Å². The monoisotopic (exact) mass is 281 g/mol. The Hall–Kier alpha value is -1.25. The number of benzene rings is 1. The van der Waals surface area contributed by atoms with Crippen molar-refractivity contribution in [3.63, 3.8) is 0 Å². The standard InChI is InChI=1S/C14H13Cl2NO/c1-9-5-12(16)6-10(2)14(9)18-13-8-17-4-3-11(13)7-15/h3-6,8H,7H2,1-2H3. The van der Waals surface area contributed by atoms with Crippen molar-refractivity contribution in [3.05, 3.63) is 52.3 Å². The summed E-state index contributed by atoms with van der Waals surface area (Å²) in [5, 5.41) is 0.709. The summed E-state index contributed by atoms with van der Waals surface area (Å²) < 4.78 is 5.91. The predicted octanol–water partition coefficient (Wildman–Crippen LogP) is 4.88. The molecule has 0 bridgehead atoms. The summed E-state index contributed by atoms with van der Waals surface area (Å²) in [5.74, 6) is 1.88. The molecule has 2 rings (SSSR count). The van der Waals surface area contributed by atoms with Gasteiger partial charge >= 0.3 is 0 Å². The SMILES string of the molecule is Cc1cc(Cl)cc(C)c1Oc1cnccc1CCl. The van der Waals surface area contributed by atoms with Crippen LogP contribution in [0.3, 0.4) is 0 Å². The molecule has 0 N–H and O–H groups in total. The van der Waals surface area contributed by atoms with E-state index in [1.165, 1.54) is 0 Å². The molecule has 1 heterocycles. The highest BCUT2D eigenvalue weighted by Gasteiger charge is 2.09. The average Bonchev–Trinajstić information content (AvgIpc) is 2.34. The Labute approximate surface area is 117 Å². The van der Waals surface area contributed by atoms with Crippen LogP contribution in [0.5, 0.6) is 11.5 Å². The number of hydrogen-bond donors (Lipinski definition) is 0. The van der Waals surface area contributed by atoms with E-state index in [0.29, 0.717) is 16.7 Å². The third kappa shape index (κ3) is 2.77. The fourth-order valence-electron chi connectivity index (χ4n) is 1.78. The molecule has 0 fully saturated rings. The summed E-state index contributed by atoms with van der Waals surface area (Å²) >= 11 is 11.9. The van der Waals surface area contributed by atoms with E-state index in [4.69, 9.17) is 27.9 Å². The molecule has 2 aromatic rings. The second-order valence-corrected chi connectivity index (χ2v) is 4.79. The van der Waals surface area contributed by atoms with Gasteiger partial charge in [-0.15, -0.1) is 11.6 Å². The lowest BCUT2D eigenvalue weighted by molar-refractivity contribution is 0.468. The van der Waals surface area contributed by atoms with Gasteiger partial charge in [-0.1, -0.05) is 11.6 Å². The molecule has 0 spiro atoms. The lowest BCUT2D eigenvalue weighted by atomic mass is 10.1. The first-order valence-electron chi connectivity index (χ1n) is 5.55. The number of rotatable bonds is 3. The second kappa shape index (κ2) is 5.59. The van der Waals surface area contributed by atoms with E-state index >= 15 is 0 Å². The summed E-state index contributed by atoms with van der Waals surface area (Å²) in [6.45, 7) is 3.93. The van der Waals surface area contributed by atoms with Crippen LogP contribution in [0.15, 0.2) is 30.6 Å². The molecule has 1 aromatic carbocycles. The van der Waals surface area contributed by atoms with Crippen LogP contribution in [0, 0.1) is 13.8 Å². The highest BCUT2D eigenvalue weighted by Crippen LogP contribution is 2.32. The molecule has 4 heteroatoms. The maximum atomic E-state index is 5.99. The lowest BCUT2D eigenvalue weighted by Crippen LogP contribution is -1.95. The molecule has 1 aromatic heterocycles. The number of alkyl halides is 1. The van der Waals surface area contributed by atoms with Crippen molar-refractivity contribution in [2.75, 3.05) is 0 Å². The van der Waals surface area contributed by atoms with Crippen molar-refractivity contribution in [3.8, 4) is 11.5 Å². The van der Waals surface area contributed by atoms with Gasteiger partial charge in [-0.25, -0.2) is 0 Å². The Balaban J connectivity index is 2.40. The molecule has 18 heavy (non-hydrogen) atoms. The van der Waals surface area contributed by atoms with E-state index < -0.39 is 0 Å².